The molecule has 0 amide bonds. The van der Waals surface area contributed by atoms with Gasteiger partial charge < -0.3 is 0 Å². The highest BCUT2D eigenvalue weighted by Gasteiger charge is 2.34. The molecule has 1 fully saturated rings. The Morgan fingerprint density at radius 1 is 1.41 bits per heavy atom. The summed E-state index contributed by atoms with van der Waals surface area (Å²) in [5.41, 5.74) is -0.0486. The second-order valence-electron chi connectivity index (χ2n) is 5.67. The van der Waals surface area contributed by atoms with E-state index in [1.54, 1.807) is 0 Å². The molecule has 1 aliphatic rings. The average Bonchev–Trinajstić information content (AvgIpc) is 2.12. The maximum Gasteiger partial charge on any atom is 0.264 e. The van der Waals surface area contributed by atoms with Crippen molar-refractivity contribution >= 4 is 10.1 Å². The van der Waals surface area contributed by atoms with Crippen molar-refractivity contribution in [3.63, 3.8) is 0 Å². The monoisotopic (exact) mass is 267 g/mol. The van der Waals surface area contributed by atoms with E-state index in [1.165, 1.54) is 0 Å². The van der Waals surface area contributed by atoms with Gasteiger partial charge in [-0.15, -0.1) is 0 Å². The van der Waals surface area contributed by atoms with Crippen LogP contribution in [-0.4, -0.2) is 51.0 Å². The van der Waals surface area contributed by atoms with Gasteiger partial charge in [0.05, 0.1) is 12.9 Å². The number of halogens is 1. The highest BCUT2D eigenvalue weighted by Crippen LogP contribution is 2.26. The van der Waals surface area contributed by atoms with E-state index in [1.807, 2.05) is 20.8 Å². The molecular weight excluding hydrogens is 245 g/mol. The van der Waals surface area contributed by atoms with Crippen molar-refractivity contribution in [2.75, 3.05) is 26.0 Å². The van der Waals surface area contributed by atoms with E-state index in [4.69, 9.17) is 0 Å². The first-order valence-electron chi connectivity index (χ1n) is 5.83. The Morgan fingerprint density at radius 2 is 2.00 bits per heavy atom. The molecule has 0 spiro atoms. The predicted molar refractivity (Wildman–Crippen MR) is 65.1 cm³/mol. The van der Waals surface area contributed by atoms with Crippen LogP contribution < -0.4 is 0 Å². The van der Waals surface area contributed by atoms with Crippen LogP contribution in [0.1, 0.15) is 27.2 Å². The van der Waals surface area contributed by atoms with E-state index in [9.17, 15) is 12.8 Å². The molecule has 0 aliphatic carbocycles. The topological polar surface area (TPSA) is 46.6 Å². The van der Waals surface area contributed by atoms with Crippen molar-refractivity contribution in [1.82, 2.24) is 4.90 Å². The summed E-state index contributed by atoms with van der Waals surface area (Å²) in [7, 11) is -3.47. The average molecular weight is 267 g/mol. The second kappa shape index (κ2) is 5.20. The van der Waals surface area contributed by atoms with Crippen molar-refractivity contribution in [2.45, 2.75) is 38.9 Å². The fraction of sp³-hybridized carbons (Fsp3) is 1.00. The summed E-state index contributed by atoms with van der Waals surface area (Å²) < 4.78 is 40.3. The SMILES string of the molecule is CC(C)(C)N1CC[C@H](COS(C)(=O)=O)[C@H](F)C1. The van der Waals surface area contributed by atoms with Crippen molar-refractivity contribution in [3.8, 4) is 0 Å². The summed E-state index contributed by atoms with van der Waals surface area (Å²) in [4.78, 5) is 2.08. The molecule has 0 bridgehead atoms. The summed E-state index contributed by atoms with van der Waals surface area (Å²) in [6.45, 7) is 7.23. The van der Waals surface area contributed by atoms with Crippen molar-refractivity contribution < 1.29 is 17.0 Å². The van der Waals surface area contributed by atoms with Gasteiger partial charge in [0.15, 0.2) is 0 Å². The van der Waals surface area contributed by atoms with E-state index >= 15 is 0 Å². The van der Waals surface area contributed by atoms with Gasteiger partial charge in [-0.05, 0) is 33.7 Å². The van der Waals surface area contributed by atoms with Crippen LogP contribution in [0, 0.1) is 5.92 Å². The van der Waals surface area contributed by atoms with Crippen molar-refractivity contribution in [2.24, 2.45) is 5.92 Å². The first-order valence-corrected chi connectivity index (χ1v) is 7.65. The summed E-state index contributed by atoms with van der Waals surface area (Å²) in [5.74, 6) is -0.316. The maximum absolute atomic E-state index is 13.9. The first-order chi connectivity index (χ1) is 7.59. The smallest absolute Gasteiger partial charge is 0.264 e. The van der Waals surface area contributed by atoms with Gasteiger partial charge in [-0.2, -0.15) is 8.42 Å². The van der Waals surface area contributed by atoms with Gasteiger partial charge in [0, 0.05) is 18.0 Å². The maximum atomic E-state index is 13.9. The summed E-state index contributed by atoms with van der Waals surface area (Å²) in [5, 5.41) is 0. The van der Waals surface area contributed by atoms with Gasteiger partial charge in [0.2, 0.25) is 0 Å². The first kappa shape index (κ1) is 14.9. The molecular formula is C11H22FNO3S. The van der Waals surface area contributed by atoms with Crippen LogP contribution in [0.5, 0.6) is 0 Å². The van der Waals surface area contributed by atoms with E-state index in [0.29, 0.717) is 13.0 Å². The minimum atomic E-state index is -3.47. The van der Waals surface area contributed by atoms with Crippen LogP contribution in [0.25, 0.3) is 0 Å². The van der Waals surface area contributed by atoms with Crippen LogP contribution in [0.15, 0.2) is 0 Å². The highest BCUT2D eigenvalue weighted by atomic mass is 32.2. The molecule has 0 aromatic rings. The number of piperidine rings is 1. The molecule has 4 nitrogen and oxygen atoms in total. The van der Waals surface area contributed by atoms with E-state index in [-0.39, 0.29) is 18.1 Å². The Bertz CT molecular complexity index is 350. The van der Waals surface area contributed by atoms with Gasteiger partial charge in [-0.1, -0.05) is 0 Å². The fourth-order valence-corrected chi connectivity index (χ4v) is 2.38. The molecule has 1 aliphatic heterocycles. The Labute approximate surface area is 103 Å². The Morgan fingerprint density at radius 3 is 2.41 bits per heavy atom. The molecule has 1 heterocycles. The quantitative estimate of drug-likeness (QED) is 0.726. The molecule has 102 valence electrons. The van der Waals surface area contributed by atoms with Gasteiger partial charge in [0.25, 0.3) is 10.1 Å². The van der Waals surface area contributed by atoms with Gasteiger partial charge >= 0.3 is 0 Å². The Balaban J connectivity index is 2.49. The van der Waals surface area contributed by atoms with Crippen molar-refractivity contribution in [1.29, 1.82) is 0 Å². The lowest BCUT2D eigenvalue weighted by Gasteiger charge is -2.42. The number of hydrogen-bond acceptors (Lipinski definition) is 4. The lowest BCUT2D eigenvalue weighted by molar-refractivity contribution is 0.0136. The van der Waals surface area contributed by atoms with Crippen LogP contribution in [0.3, 0.4) is 0 Å². The number of hydrogen-bond donors (Lipinski definition) is 0. The summed E-state index contributed by atoms with van der Waals surface area (Å²) in [6.07, 6.45) is 0.600. The largest absolute Gasteiger partial charge is 0.296 e. The lowest BCUT2D eigenvalue weighted by Crippen LogP contribution is -2.51. The van der Waals surface area contributed by atoms with Crippen molar-refractivity contribution in [3.05, 3.63) is 0 Å². The minimum Gasteiger partial charge on any atom is -0.296 e. The molecule has 2 atom stereocenters. The third-order valence-electron chi connectivity index (χ3n) is 3.12. The zero-order chi connectivity index (χ0) is 13.3. The van der Waals surface area contributed by atoms with E-state index < -0.39 is 16.3 Å². The number of rotatable bonds is 3. The van der Waals surface area contributed by atoms with Gasteiger partial charge in [-0.25, -0.2) is 4.39 Å². The zero-order valence-electron chi connectivity index (χ0n) is 10.9. The van der Waals surface area contributed by atoms with Gasteiger partial charge in [-0.3, -0.25) is 9.08 Å². The predicted octanol–water partition coefficient (Wildman–Crippen LogP) is 1.42. The van der Waals surface area contributed by atoms with Gasteiger partial charge in [0.1, 0.15) is 6.17 Å². The van der Waals surface area contributed by atoms with E-state index in [2.05, 4.69) is 9.08 Å². The summed E-state index contributed by atoms with van der Waals surface area (Å²) in [6, 6.07) is 0. The third-order valence-corrected chi connectivity index (χ3v) is 3.69. The minimum absolute atomic E-state index is 0.0437. The molecule has 0 saturated carbocycles. The third kappa shape index (κ3) is 4.89. The Hall–Kier alpha value is -0.200. The molecule has 1 saturated heterocycles. The molecule has 0 aromatic heterocycles. The molecule has 0 N–H and O–H groups in total. The van der Waals surface area contributed by atoms with Crippen LogP contribution in [0.4, 0.5) is 4.39 Å². The number of nitrogens with zero attached hydrogens (tertiary/aromatic N) is 1. The van der Waals surface area contributed by atoms with Crippen LogP contribution in [-0.2, 0) is 14.3 Å². The number of likely N-dealkylation sites (tertiary alicyclic amines) is 1. The zero-order valence-corrected chi connectivity index (χ0v) is 11.8. The molecule has 0 unspecified atom stereocenters. The molecule has 0 aromatic carbocycles. The molecule has 6 heteroatoms. The normalized spacial score (nSPS) is 28.3. The molecule has 17 heavy (non-hydrogen) atoms. The van der Waals surface area contributed by atoms with Crippen LogP contribution in [0.2, 0.25) is 0 Å². The van der Waals surface area contributed by atoms with Crippen LogP contribution >= 0.6 is 0 Å². The molecule has 0 radical (unpaired) electrons. The fourth-order valence-electron chi connectivity index (χ4n) is 1.96. The Kier molecular flexibility index (Phi) is 4.54. The summed E-state index contributed by atoms with van der Waals surface area (Å²) >= 11 is 0. The van der Waals surface area contributed by atoms with E-state index in [0.717, 1.165) is 12.8 Å². The standard InChI is InChI=1S/C11H22FNO3S/c1-11(2,3)13-6-5-9(10(12)7-13)8-16-17(4,14)15/h9-10H,5-8H2,1-4H3/t9-,10-/m1/s1. The highest BCUT2D eigenvalue weighted by molar-refractivity contribution is 7.85. The molecule has 1 rings (SSSR count). The number of alkyl halides is 1. The lowest BCUT2D eigenvalue weighted by atomic mass is 9.92. The second-order valence-corrected chi connectivity index (χ2v) is 7.31.